The zero-order valence-electron chi connectivity index (χ0n) is 16.0. The predicted molar refractivity (Wildman–Crippen MR) is 109 cm³/mol. The Labute approximate surface area is 168 Å². The second-order valence-corrected chi connectivity index (χ2v) is 6.80. The summed E-state index contributed by atoms with van der Waals surface area (Å²) in [6.45, 7) is 1.93. The lowest BCUT2D eigenvalue weighted by Gasteiger charge is -2.28. The number of carbonyl (C=O) groups excluding carboxylic acids is 1. The molecule has 0 spiro atoms. The molecule has 8 nitrogen and oxygen atoms in total. The van der Waals surface area contributed by atoms with E-state index in [-0.39, 0.29) is 12.5 Å². The first-order valence-electron chi connectivity index (χ1n) is 9.47. The van der Waals surface area contributed by atoms with E-state index >= 15 is 0 Å². The number of para-hydroxylation sites is 1. The van der Waals surface area contributed by atoms with E-state index in [0.717, 1.165) is 11.3 Å². The van der Waals surface area contributed by atoms with E-state index in [9.17, 15) is 4.79 Å². The van der Waals surface area contributed by atoms with Crippen molar-refractivity contribution in [3.8, 4) is 0 Å². The molecule has 1 amide bonds. The number of nitrogens with one attached hydrogen (secondary N) is 2. The normalized spacial score (nSPS) is 15.6. The third kappa shape index (κ3) is 3.88. The van der Waals surface area contributed by atoms with Crippen LogP contribution in [0.2, 0.25) is 0 Å². The number of aliphatic hydroxyl groups is 1. The first kappa shape index (κ1) is 18.8. The molecule has 1 atom stereocenters. The highest BCUT2D eigenvalue weighted by Crippen LogP contribution is 2.35. The molecule has 0 radical (unpaired) electrons. The molecule has 0 fully saturated rings. The van der Waals surface area contributed by atoms with Crippen LogP contribution in [0.1, 0.15) is 30.8 Å². The largest absolute Gasteiger partial charge is 0.396 e. The highest BCUT2D eigenvalue weighted by molar-refractivity contribution is 6.05. The van der Waals surface area contributed by atoms with Crippen molar-refractivity contribution in [2.24, 2.45) is 0 Å². The van der Waals surface area contributed by atoms with Crippen LogP contribution in [-0.2, 0) is 11.2 Å². The number of aromatic nitrogens is 4. The summed E-state index contributed by atoms with van der Waals surface area (Å²) >= 11 is 0. The molecule has 3 heterocycles. The fourth-order valence-corrected chi connectivity index (χ4v) is 3.40. The van der Waals surface area contributed by atoms with Crippen LogP contribution in [0.25, 0.3) is 0 Å². The third-order valence-corrected chi connectivity index (χ3v) is 4.73. The summed E-state index contributed by atoms with van der Waals surface area (Å²) in [5, 5.41) is 19.9. The first-order chi connectivity index (χ1) is 14.2. The van der Waals surface area contributed by atoms with Gasteiger partial charge in [0, 0.05) is 36.8 Å². The summed E-state index contributed by atoms with van der Waals surface area (Å²) in [5.41, 5.74) is 2.82. The van der Waals surface area contributed by atoms with Crippen LogP contribution in [0.15, 0.2) is 66.1 Å². The molecular formula is C21H22N6O2. The number of aryl methyl sites for hydroxylation is 1. The first-order valence-corrected chi connectivity index (χ1v) is 9.47. The molecule has 4 rings (SSSR count). The lowest BCUT2D eigenvalue weighted by molar-refractivity contribution is -0.113. The number of hydrogen-bond acceptors (Lipinski definition) is 6. The van der Waals surface area contributed by atoms with Crippen molar-refractivity contribution in [1.82, 2.24) is 19.7 Å². The van der Waals surface area contributed by atoms with Gasteiger partial charge in [0.15, 0.2) is 5.82 Å². The summed E-state index contributed by atoms with van der Waals surface area (Å²) in [5.74, 6) is 0.974. The molecule has 0 bridgehead atoms. The quantitative estimate of drug-likeness (QED) is 0.597. The molecule has 148 valence electrons. The third-order valence-electron chi connectivity index (χ3n) is 4.73. The lowest BCUT2D eigenvalue weighted by atomic mass is 9.96. The van der Waals surface area contributed by atoms with Gasteiger partial charge in [-0.3, -0.25) is 9.78 Å². The minimum atomic E-state index is -0.459. The van der Waals surface area contributed by atoms with Gasteiger partial charge in [0.1, 0.15) is 6.04 Å². The van der Waals surface area contributed by atoms with Gasteiger partial charge in [0.2, 0.25) is 5.95 Å². The second kappa shape index (κ2) is 8.24. The van der Waals surface area contributed by atoms with E-state index in [1.807, 2.05) is 49.4 Å². The van der Waals surface area contributed by atoms with E-state index < -0.39 is 6.04 Å². The van der Waals surface area contributed by atoms with Crippen molar-refractivity contribution in [1.29, 1.82) is 0 Å². The highest BCUT2D eigenvalue weighted by atomic mass is 16.3. The van der Waals surface area contributed by atoms with Gasteiger partial charge >= 0.3 is 0 Å². The van der Waals surface area contributed by atoms with E-state index in [2.05, 4.69) is 25.7 Å². The molecular weight excluding hydrogens is 368 g/mol. The van der Waals surface area contributed by atoms with Gasteiger partial charge in [-0.2, -0.15) is 10.1 Å². The Balaban J connectivity index is 1.74. The molecule has 0 saturated heterocycles. The van der Waals surface area contributed by atoms with E-state index in [4.69, 9.17) is 5.11 Å². The van der Waals surface area contributed by atoms with Gasteiger partial charge in [-0.25, -0.2) is 4.68 Å². The van der Waals surface area contributed by atoms with Crippen LogP contribution < -0.4 is 10.6 Å². The van der Waals surface area contributed by atoms with Crippen LogP contribution in [0, 0.1) is 0 Å². The van der Waals surface area contributed by atoms with Crippen LogP contribution in [0.3, 0.4) is 0 Å². The summed E-state index contributed by atoms with van der Waals surface area (Å²) in [6.07, 6.45) is 4.56. The van der Waals surface area contributed by atoms with Crippen molar-refractivity contribution in [3.05, 3.63) is 77.5 Å². The standard InChI is InChI=1S/C21H22N6O2/c1-14-18(20(29)24-16-8-3-2-4-9-16)19(15-7-5-11-22-13-15)27-21(23-14)25-17(26-27)10-6-12-28/h2-5,7-9,11,13,19,28H,6,10,12H2,1H3,(H,24,29)(H,23,25,26). The Morgan fingerprint density at radius 1 is 1.24 bits per heavy atom. The molecule has 1 aliphatic rings. The van der Waals surface area contributed by atoms with Crippen molar-refractivity contribution < 1.29 is 9.90 Å². The van der Waals surface area contributed by atoms with Crippen molar-refractivity contribution >= 4 is 17.5 Å². The summed E-state index contributed by atoms with van der Waals surface area (Å²) in [7, 11) is 0. The number of anilines is 2. The zero-order valence-corrected chi connectivity index (χ0v) is 16.0. The Morgan fingerprint density at radius 3 is 2.79 bits per heavy atom. The highest BCUT2D eigenvalue weighted by Gasteiger charge is 2.34. The van der Waals surface area contributed by atoms with Crippen LogP contribution in [-0.4, -0.2) is 37.4 Å². The molecule has 2 aromatic heterocycles. The monoisotopic (exact) mass is 390 g/mol. The van der Waals surface area contributed by atoms with Gasteiger partial charge in [0.05, 0.1) is 5.57 Å². The fraction of sp³-hybridized carbons (Fsp3) is 0.238. The van der Waals surface area contributed by atoms with Gasteiger partial charge in [0.25, 0.3) is 5.91 Å². The number of pyridine rings is 1. The van der Waals surface area contributed by atoms with Crippen molar-refractivity contribution in [3.63, 3.8) is 0 Å². The number of carbonyl (C=O) groups is 1. The Hall–Kier alpha value is -3.52. The molecule has 8 heteroatoms. The lowest BCUT2D eigenvalue weighted by Crippen LogP contribution is -2.31. The van der Waals surface area contributed by atoms with E-state index in [1.165, 1.54) is 0 Å². The molecule has 3 aromatic rings. The van der Waals surface area contributed by atoms with Gasteiger partial charge in [-0.05, 0) is 37.1 Å². The molecule has 1 aromatic carbocycles. The van der Waals surface area contributed by atoms with Crippen LogP contribution >= 0.6 is 0 Å². The summed E-state index contributed by atoms with van der Waals surface area (Å²) < 4.78 is 1.72. The number of benzene rings is 1. The van der Waals surface area contributed by atoms with Crippen LogP contribution in [0.5, 0.6) is 0 Å². The number of hydrogen-bond donors (Lipinski definition) is 3. The van der Waals surface area contributed by atoms with E-state index in [0.29, 0.717) is 35.9 Å². The van der Waals surface area contributed by atoms with Gasteiger partial charge < -0.3 is 15.7 Å². The van der Waals surface area contributed by atoms with Gasteiger partial charge in [-0.1, -0.05) is 24.3 Å². The second-order valence-electron chi connectivity index (χ2n) is 6.80. The summed E-state index contributed by atoms with van der Waals surface area (Å²) in [4.78, 5) is 22.0. The maximum absolute atomic E-state index is 13.2. The Bertz CT molecular complexity index is 1030. The molecule has 29 heavy (non-hydrogen) atoms. The SMILES string of the molecule is CC1=C(C(=O)Nc2ccccc2)C(c2cccnc2)n2nc(CCCO)nc2N1. The van der Waals surface area contributed by atoms with Crippen molar-refractivity contribution in [2.75, 3.05) is 17.2 Å². The topological polar surface area (TPSA) is 105 Å². The molecule has 3 N–H and O–H groups in total. The minimum Gasteiger partial charge on any atom is -0.396 e. The molecule has 1 aliphatic heterocycles. The smallest absolute Gasteiger partial charge is 0.255 e. The van der Waals surface area contributed by atoms with Crippen molar-refractivity contribution in [2.45, 2.75) is 25.8 Å². The fourth-order valence-electron chi connectivity index (χ4n) is 3.40. The van der Waals surface area contributed by atoms with E-state index in [1.54, 1.807) is 17.1 Å². The number of amides is 1. The summed E-state index contributed by atoms with van der Waals surface area (Å²) in [6, 6.07) is 12.6. The maximum Gasteiger partial charge on any atom is 0.255 e. The molecule has 0 saturated carbocycles. The maximum atomic E-state index is 13.2. The average Bonchev–Trinajstić information content (AvgIpc) is 3.14. The predicted octanol–water partition coefficient (Wildman–Crippen LogP) is 2.53. The van der Waals surface area contributed by atoms with Crippen LogP contribution in [0.4, 0.5) is 11.6 Å². The number of nitrogens with zero attached hydrogens (tertiary/aromatic N) is 4. The Morgan fingerprint density at radius 2 is 2.07 bits per heavy atom. The minimum absolute atomic E-state index is 0.0747. The zero-order chi connectivity index (χ0) is 20.2. The molecule has 1 unspecified atom stereocenters. The number of allylic oxidation sites excluding steroid dienone is 1. The number of fused-ring (bicyclic) bond motifs is 1. The number of aliphatic hydroxyl groups excluding tert-OH is 1. The molecule has 0 aliphatic carbocycles. The Kier molecular flexibility index (Phi) is 5.35. The number of rotatable bonds is 6. The average molecular weight is 390 g/mol. The van der Waals surface area contributed by atoms with Gasteiger partial charge in [-0.15, -0.1) is 0 Å².